The van der Waals surface area contributed by atoms with Crippen LogP contribution in [0.1, 0.15) is 47.5 Å². The Hall–Kier alpha value is -0.480. The van der Waals surface area contributed by atoms with E-state index in [4.69, 9.17) is 6.42 Å². The number of terminal acetylenes is 1. The van der Waals surface area contributed by atoms with Crippen LogP contribution in [0.25, 0.3) is 0 Å². The van der Waals surface area contributed by atoms with Crippen LogP contribution < -0.4 is 5.32 Å². The Morgan fingerprint density at radius 1 is 1.23 bits per heavy atom. The summed E-state index contributed by atoms with van der Waals surface area (Å²) < 4.78 is 0. The molecule has 76 valence electrons. The molecule has 0 amide bonds. The van der Waals surface area contributed by atoms with Gasteiger partial charge in [-0.05, 0) is 25.3 Å². The highest BCUT2D eigenvalue weighted by Gasteiger charge is 2.34. The summed E-state index contributed by atoms with van der Waals surface area (Å²) >= 11 is 0. The zero-order valence-corrected chi connectivity index (χ0v) is 9.70. The minimum atomic E-state index is -0.192. The lowest BCUT2D eigenvalue weighted by atomic mass is 9.75. The molecule has 0 fully saturated rings. The monoisotopic (exact) mass is 181 g/mol. The van der Waals surface area contributed by atoms with Crippen LogP contribution in [0, 0.1) is 17.8 Å². The van der Waals surface area contributed by atoms with Gasteiger partial charge >= 0.3 is 0 Å². The van der Waals surface area contributed by atoms with Gasteiger partial charge in [-0.1, -0.05) is 40.0 Å². The van der Waals surface area contributed by atoms with Crippen molar-refractivity contribution in [1.29, 1.82) is 0 Å². The molecule has 1 atom stereocenters. The van der Waals surface area contributed by atoms with Crippen molar-refractivity contribution in [1.82, 2.24) is 5.32 Å². The highest BCUT2D eigenvalue weighted by atomic mass is 15.0. The summed E-state index contributed by atoms with van der Waals surface area (Å²) in [4.78, 5) is 0. The fraction of sp³-hybridized carbons (Fsp3) is 0.833. The average Bonchev–Trinajstić information content (AvgIpc) is 2.02. The topological polar surface area (TPSA) is 12.0 Å². The van der Waals surface area contributed by atoms with Gasteiger partial charge in [0, 0.05) is 0 Å². The van der Waals surface area contributed by atoms with Crippen molar-refractivity contribution in [2.45, 2.75) is 53.0 Å². The molecule has 1 N–H and O–H groups in total. The van der Waals surface area contributed by atoms with E-state index in [1.54, 1.807) is 0 Å². The first-order valence-corrected chi connectivity index (χ1v) is 5.10. The van der Waals surface area contributed by atoms with Crippen molar-refractivity contribution in [3.63, 3.8) is 0 Å². The second kappa shape index (κ2) is 4.67. The zero-order chi connectivity index (χ0) is 10.5. The van der Waals surface area contributed by atoms with E-state index >= 15 is 0 Å². The van der Waals surface area contributed by atoms with Gasteiger partial charge < -0.3 is 5.32 Å². The molecule has 0 saturated carbocycles. The normalized spacial score (nSPS) is 16.3. The largest absolute Gasteiger partial charge is 0.301 e. The van der Waals surface area contributed by atoms with Crippen molar-refractivity contribution < 1.29 is 0 Å². The predicted molar refractivity (Wildman–Crippen MR) is 59.6 cm³/mol. The third-order valence-electron chi connectivity index (χ3n) is 2.80. The Kier molecular flexibility index (Phi) is 4.50. The minimum Gasteiger partial charge on any atom is -0.301 e. The molecule has 0 aliphatic carbocycles. The third kappa shape index (κ3) is 3.40. The summed E-state index contributed by atoms with van der Waals surface area (Å²) in [5.74, 6) is 2.87. The first kappa shape index (κ1) is 12.5. The van der Waals surface area contributed by atoms with Crippen LogP contribution in [0.3, 0.4) is 0 Å². The molecule has 0 bridgehead atoms. The van der Waals surface area contributed by atoms with Crippen molar-refractivity contribution in [2.24, 2.45) is 5.41 Å². The van der Waals surface area contributed by atoms with E-state index in [1.807, 2.05) is 0 Å². The van der Waals surface area contributed by atoms with Crippen LogP contribution in [0.5, 0.6) is 0 Å². The molecule has 0 radical (unpaired) electrons. The maximum Gasteiger partial charge on any atom is 0.0818 e. The summed E-state index contributed by atoms with van der Waals surface area (Å²) in [5, 5.41) is 3.45. The van der Waals surface area contributed by atoms with Gasteiger partial charge in [0.25, 0.3) is 0 Å². The van der Waals surface area contributed by atoms with E-state index in [2.05, 4.69) is 45.9 Å². The number of rotatable bonds is 4. The molecule has 0 rings (SSSR count). The molecule has 0 aromatic heterocycles. The standard InChI is InChI=1S/C12H23N/c1-7-9-10-13-12(6,8-2)11(3,4)5/h2,13H,7,9-10H2,1,3-6H3. The van der Waals surface area contributed by atoms with Crippen molar-refractivity contribution in [3.8, 4) is 12.3 Å². The van der Waals surface area contributed by atoms with Crippen LogP contribution >= 0.6 is 0 Å². The van der Waals surface area contributed by atoms with Gasteiger partial charge in [0.05, 0.1) is 5.54 Å². The lowest BCUT2D eigenvalue weighted by molar-refractivity contribution is 0.218. The molecule has 0 aromatic rings. The lowest BCUT2D eigenvalue weighted by Crippen LogP contribution is -2.51. The molecule has 13 heavy (non-hydrogen) atoms. The van der Waals surface area contributed by atoms with Gasteiger partial charge in [0.15, 0.2) is 0 Å². The molecule has 0 saturated heterocycles. The molecular formula is C12H23N. The molecular weight excluding hydrogens is 158 g/mol. The van der Waals surface area contributed by atoms with E-state index in [0.717, 1.165) is 6.54 Å². The van der Waals surface area contributed by atoms with E-state index in [0.29, 0.717) is 0 Å². The maximum atomic E-state index is 5.56. The summed E-state index contributed by atoms with van der Waals surface area (Å²) in [5.41, 5.74) is -0.0857. The molecule has 0 aromatic carbocycles. The predicted octanol–water partition coefficient (Wildman–Crippen LogP) is 2.81. The Balaban J connectivity index is 4.24. The fourth-order valence-electron chi connectivity index (χ4n) is 1.05. The van der Waals surface area contributed by atoms with E-state index in [-0.39, 0.29) is 11.0 Å². The zero-order valence-electron chi connectivity index (χ0n) is 9.70. The fourth-order valence-corrected chi connectivity index (χ4v) is 1.05. The molecule has 0 heterocycles. The highest BCUT2D eigenvalue weighted by Crippen LogP contribution is 2.29. The molecule has 0 spiro atoms. The van der Waals surface area contributed by atoms with Gasteiger partial charge in [-0.15, -0.1) is 6.42 Å². The van der Waals surface area contributed by atoms with Crippen LogP contribution in [-0.2, 0) is 0 Å². The Morgan fingerprint density at radius 2 is 1.77 bits per heavy atom. The van der Waals surface area contributed by atoms with Gasteiger partial charge in [-0.25, -0.2) is 0 Å². The van der Waals surface area contributed by atoms with Crippen molar-refractivity contribution >= 4 is 0 Å². The second-order valence-electron chi connectivity index (χ2n) is 4.80. The Bertz CT molecular complexity index is 182. The molecule has 1 unspecified atom stereocenters. The van der Waals surface area contributed by atoms with Crippen LogP contribution in [0.2, 0.25) is 0 Å². The quantitative estimate of drug-likeness (QED) is 0.519. The molecule has 1 heteroatoms. The second-order valence-corrected chi connectivity index (χ2v) is 4.80. The number of nitrogens with one attached hydrogen (secondary N) is 1. The van der Waals surface area contributed by atoms with Crippen LogP contribution in [-0.4, -0.2) is 12.1 Å². The molecule has 0 aliphatic rings. The Morgan fingerprint density at radius 3 is 2.08 bits per heavy atom. The van der Waals surface area contributed by atoms with E-state index < -0.39 is 0 Å². The number of unbranched alkanes of at least 4 members (excludes halogenated alkanes) is 1. The van der Waals surface area contributed by atoms with Gasteiger partial charge in [0.2, 0.25) is 0 Å². The number of hydrogen-bond donors (Lipinski definition) is 1. The third-order valence-corrected chi connectivity index (χ3v) is 2.80. The van der Waals surface area contributed by atoms with E-state index in [1.165, 1.54) is 12.8 Å². The smallest absolute Gasteiger partial charge is 0.0818 e. The lowest BCUT2D eigenvalue weighted by Gasteiger charge is -2.38. The summed E-state index contributed by atoms with van der Waals surface area (Å²) in [6.07, 6.45) is 7.96. The van der Waals surface area contributed by atoms with Gasteiger partial charge in [-0.2, -0.15) is 0 Å². The summed E-state index contributed by atoms with van der Waals surface area (Å²) in [6, 6.07) is 0. The maximum absolute atomic E-state index is 5.56. The minimum absolute atomic E-state index is 0.107. The van der Waals surface area contributed by atoms with Gasteiger partial charge in [-0.3, -0.25) is 0 Å². The first-order chi connectivity index (χ1) is 5.87. The van der Waals surface area contributed by atoms with E-state index in [9.17, 15) is 0 Å². The first-order valence-electron chi connectivity index (χ1n) is 5.10. The SMILES string of the molecule is C#CC(C)(NCCCC)C(C)(C)C. The summed E-state index contributed by atoms with van der Waals surface area (Å²) in [6.45, 7) is 11.8. The van der Waals surface area contributed by atoms with Crippen molar-refractivity contribution in [2.75, 3.05) is 6.54 Å². The molecule has 0 aliphatic heterocycles. The average molecular weight is 181 g/mol. The van der Waals surface area contributed by atoms with Crippen LogP contribution in [0.15, 0.2) is 0 Å². The van der Waals surface area contributed by atoms with Gasteiger partial charge in [0.1, 0.15) is 0 Å². The summed E-state index contributed by atoms with van der Waals surface area (Å²) in [7, 11) is 0. The van der Waals surface area contributed by atoms with Crippen LogP contribution in [0.4, 0.5) is 0 Å². The Labute approximate surface area is 83.3 Å². The molecule has 1 nitrogen and oxygen atoms in total. The highest BCUT2D eigenvalue weighted by molar-refractivity contribution is 5.15. The van der Waals surface area contributed by atoms with Crippen molar-refractivity contribution in [3.05, 3.63) is 0 Å². The number of hydrogen-bond acceptors (Lipinski definition) is 1.